The summed E-state index contributed by atoms with van der Waals surface area (Å²) in [4.78, 5) is 61.3. The SMILES string of the molecule is CCN(c1cc(-c2ccc3c(c2)N(CC(F)(F)F)C(=O)C32CCN(C(=O)OC(C)(C)C)CC2)cc(C(=O)NCc2c(OC)cc(C)[nH]c2=O)c1C)C1CCOCC1. The number of amides is 3. The van der Waals surface area contributed by atoms with Crippen molar-refractivity contribution in [1.29, 1.82) is 0 Å². The molecule has 0 radical (unpaired) electrons. The first-order chi connectivity index (χ1) is 26.9. The fourth-order valence-electron chi connectivity index (χ4n) is 8.36. The number of benzene rings is 2. The number of hydrogen-bond acceptors (Lipinski definition) is 8. The zero-order chi connectivity index (χ0) is 41.4. The van der Waals surface area contributed by atoms with Gasteiger partial charge in [-0.3, -0.25) is 14.4 Å². The highest BCUT2D eigenvalue weighted by Crippen LogP contribution is 2.50. The molecular formula is C42H52F3N5O7. The maximum Gasteiger partial charge on any atom is 0.410 e. The summed E-state index contributed by atoms with van der Waals surface area (Å²) in [7, 11) is 1.45. The lowest BCUT2D eigenvalue weighted by molar-refractivity contribution is -0.135. The summed E-state index contributed by atoms with van der Waals surface area (Å²) >= 11 is 0. The Labute approximate surface area is 330 Å². The summed E-state index contributed by atoms with van der Waals surface area (Å²) in [6, 6.07) is 10.5. The van der Waals surface area contributed by atoms with Crippen molar-refractivity contribution in [3.8, 4) is 16.9 Å². The second-order valence-electron chi connectivity index (χ2n) is 16.1. The van der Waals surface area contributed by atoms with Gasteiger partial charge in [-0.2, -0.15) is 13.2 Å². The van der Waals surface area contributed by atoms with Crippen LogP contribution in [0.5, 0.6) is 5.75 Å². The fraction of sp³-hybridized carbons (Fsp3) is 0.524. The van der Waals surface area contributed by atoms with E-state index in [4.69, 9.17) is 14.2 Å². The third-order valence-electron chi connectivity index (χ3n) is 11.2. The van der Waals surface area contributed by atoms with Crippen LogP contribution >= 0.6 is 0 Å². The summed E-state index contributed by atoms with van der Waals surface area (Å²) in [5.74, 6) is -0.770. The Bertz CT molecular complexity index is 2080. The van der Waals surface area contributed by atoms with Crippen molar-refractivity contribution in [3.63, 3.8) is 0 Å². The number of methoxy groups -OCH3 is 1. The van der Waals surface area contributed by atoms with E-state index in [2.05, 4.69) is 15.2 Å². The van der Waals surface area contributed by atoms with E-state index in [0.717, 1.165) is 23.4 Å². The number of H-pyrrole nitrogens is 1. The van der Waals surface area contributed by atoms with Crippen molar-refractivity contribution >= 4 is 29.3 Å². The number of aromatic amines is 1. The van der Waals surface area contributed by atoms with Crippen LogP contribution in [0, 0.1) is 13.8 Å². The van der Waals surface area contributed by atoms with E-state index in [1.807, 2.05) is 19.9 Å². The van der Waals surface area contributed by atoms with Crippen molar-refractivity contribution < 1.29 is 41.8 Å². The summed E-state index contributed by atoms with van der Waals surface area (Å²) in [5.41, 5.74) is 2.00. The van der Waals surface area contributed by atoms with Crippen molar-refractivity contribution in [2.24, 2.45) is 0 Å². The summed E-state index contributed by atoms with van der Waals surface area (Å²) in [6.45, 7) is 11.4. The first-order valence-corrected chi connectivity index (χ1v) is 19.4. The maximum absolute atomic E-state index is 14.2. The lowest BCUT2D eigenvalue weighted by Gasteiger charge is -2.39. The van der Waals surface area contributed by atoms with E-state index in [1.54, 1.807) is 58.0 Å². The predicted octanol–water partition coefficient (Wildman–Crippen LogP) is 6.78. The predicted molar refractivity (Wildman–Crippen MR) is 210 cm³/mol. The number of nitrogens with zero attached hydrogens (tertiary/aromatic N) is 3. The maximum atomic E-state index is 14.2. The smallest absolute Gasteiger partial charge is 0.410 e. The molecule has 0 saturated carbocycles. The molecule has 3 amide bonds. The lowest BCUT2D eigenvalue weighted by atomic mass is 9.73. The molecule has 0 atom stereocenters. The first kappa shape index (κ1) is 41.6. The summed E-state index contributed by atoms with van der Waals surface area (Å²) in [5, 5.41) is 2.88. The number of halogens is 3. The van der Waals surface area contributed by atoms with Crippen LogP contribution < -0.4 is 25.4 Å². The largest absolute Gasteiger partial charge is 0.496 e. The Morgan fingerprint density at radius 2 is 1.70 bits per heavy atom. The number of carbonyl (C=O) groups excluding carboxylic acids is 3. The molecule has 0 bridgehead atoms. The number of piperidine rings is 1. The summed E-state index contributed by atoms with van der Waals surface area (Å²) in [6.07, 6.45) is -3.40. The van der Waals surface area contributed by atoms with Crippen LogP contribution in [0.3, 0.4) is 0 Å². The molecule has 1 spiro atoms. The minimum Gasteiger partial charge on any atom is -0.496 e. The molecule has 2 N–H and O–H groups in total. The van der Waals surface area contributed by atoms with Crippen LogP contribution in [0.1, 0.15) is 86.1 Å². The average molecular weight is 796 g/mol. The second-order valence-corrected chi connectivity index (χ2v) is 16.1. The molecule has 3 aromatic rings. The number of carbonyl (C=O) groups is 3. The standard InChI is InChI=1S/C42H52F3N5O7/c1-8-49(29-11-17-56-18-12-29)33-22-28(20-30(26(33)3)36(51)46-23-31-35(55-7)19-25(2)47-37(31)52)27-9-10-32-34(21-27)50(24-42(43,44)45)38(53)41(32)13-15-48(16-14-41)39(54)57-40(4,5)6/h9-10,19-22,29H,8,11-18,23-24H2,1-7H3,(H,46,51)(H,47,52). The van der Waals surface area contributed by atoms with Crippen LogP contribution in [-0.4, -0.2) is 92.1 Å². The Hall–Kier alpha value is -5.05. The molecule has 2 fully saturated rings. The number of ether oxygens (including phenoxy) is 3. The van der Waals surface area contributed by atoms with E-state index in [-0.39, 0.29) is 55.3 Å². The zero-order valence-electron chi connectivity index (χ0n) is 33.7. The molecule has 3 aliphatic heterocycles. The molecule has 6 rings (SSSR count). The van der Waals surface area contributed by atoms with Crippen molar-refractivity contribution in [3.05, 3.63) is 74.7 Å². The number of aromatic nitrogens is 1. The molecule has 0 aliphatic carbocycles. The molecule has 0 unspecified atom stereocenters. The number of hydrogen-bond donors (Lipinski definition) is 2. The molecule has 1 aromatic heterocycles. The Kier molecular flexibility index (Phi) is 11.7. The third-order valence-corrected chi connectivity index (χ3v) is 11.2. The number of pyridine rings is 1. The number of aryl methyl sites for hydroxylation is 1. The van der Waals surface area contributed by atoms with Gasteiger partial charge in [-0.05, 0) is 114 Å². The van der Waals surface area contributed by atoms with Gasteiger partial charge in [0.25, 0.3) is 11.5 Å². The van der Waals surface area contributed by atoms with Crippen LogP contribution in [0.25, 0.3) is 11.1 Å². The molecule has 15 heteroatoms. The number of fused-ring (bicyclic) bond motifs is 2. The lowest BCUT2D eigenvalue weighted by Crippen LogP contribution is -2.51. The van der Waals surface area contributed by atoms with Crippen molar-refractivity contribution in [2.75, 3.05) is 56.3 Å². The van der Waals surface area contributed by atoms with Gasteiger partial charge in [-0.15, -0.1) is 0 Å². The Morgan fingerprint density at radius 1 is 1.02 bits per heavy atom. The van der Waals surface area contributed by atoms with Gasteiger partial charge in [0.2, 0.25) is 5.91 Å². The number of rotatable bonds is 9. The average Bonchev–Trinajstić information content (AvgIpc) is 3.36. The molecule has 57 heavy (non-hydrogen) atoms. The molecule has 2 saturated heterocycles. The van der Waals surface area contributed by atoms with Gasteiger partial charge >= 0.3 is 12.3 Å². The van der Waals surface area contributed by atoms with E-state index < -0.39 is 41.6 Å². The second kappa shape index (κ2) is 16.1. The number of alkyl halides is 3. The molecule has 2 aromatic carbocycles. The molecule has 308 valence electrons. The molecular weight excluding hydrogens is 743 g/mol. The van der Waals surface area contributed by atoms with Gasteiger partial charge in [0.15, 0.2) is 0 Å². The zero-order valence-corrected chi connectivity index (χ0v) is 33.7. The molecule has 12 nitrogen and oxygen atoms in total. The summed E-state index contributed by atoms with van der Waals surface area (Å²) < 4.78 is 59.1. The number of likely N-dealkylation sites (tertiary alicyclic amines) is 1. The van der Waals surface area contributed by atoms with E-state index in [9.17, 15) is 32.3 Å². The first-order valence-electron chi connectivity index (χ1n) is 19.4. The fourth-order valence-corrected chi connectivity index (χ4v) is 8.36. The number of nitrogens with one attached hydrogen (secondary N) is 2. The van der Waals surface area contributed by atoms with Crippen molar-refractivity contribution in [1.82, 2.24) is 15.2 Å². The van der Waals surface area contributed by atoms with E-state index in [1.165, 1.54) is 12.0 Å². The minimum atomic E-state index is -4.68. The number of anilines is 2. The molecule has 3 aliphatic rings. The Balaban J connectivity index is 1.41. The third kappa shape index (κ3) is 8.63. The molecule has 4 heterocycles. The van der Waals surface area contributed by atoms with E-state index in [0.29, 0.717) is 59.0 Å². The van der Waals surface area contributed by atoms with Crippen LogP contribution in [-0.2, 0) is 26.2 Å². The Morgan fingerprint density at radius 3 is 2.32 bits per heavy atom. The van der Waals surface area contributed by atoms with Gasteiger partial charge in [0.05, 0.1) is 24.6 Å². The monoisotopic (exact) mass is 795 g/mol. The van der Waals surface area contributed by atoms with Crippen LogP contribution in [0.4, 0.5) is 29.3 Å². The normalized spacial score (nSPS) is 17.1. The quantitative estimate of drug-likeness (QED) is 0.242. The highest BCUT2D eigenvalue weighted by atomic mass is 19.4. The van der Waals surface area contributed by atoms with Gasteiger partial charge in [0, 0.05) is 61.5 Å². The topological polar surface area (TPSA) is 134 Å². The van der Waals surface area contributed by atoms with Gasteiger partial charge in [0.1, 0.15) is 17.9 Å². The van der Waals surface area contributed by atoms with Crippen LogP contribution in [0.2, 0.25) is 0 Å². The highest BCUT2D eigenvalue weighted by molar-refractivity contribution is 6.09. The van der Waals surface area contributed by atoms with Crippen molar-refractivity contribution in [2.45, 2.75) is 97.0 Å². The van der Waals surface area contributed by atoms with Gasteiger partial charge in [-0.1, -0.05) is 12.1 Å². The highest BCUT2D eigenvalue weighted by Gasteiger charge is 2.54. The minimum absolute atomic E-state index is 0.116. The van der Waals surface area contributed by atoms with Crippen LogP contribution in [0.15, 0.2) is 41.2 Å². The van der Waals surface area contributed by atoms with Gasteiger partial charge < -0.3 is 39.2 Å². The van der Waals surface area contributed by atoms with E-state index >= 15 is 0 Å². The van der Waals surface area contributed by atoms with Gasteiger partial charge in [-0.25, -0.2) is 4.79 Å².